The third-order valence-corrected chi connectivity index (χ3v) is 4.32. The van der Waals surface area contributed by atoms with Crippen molar-refractivity contribution < 1.29 is 19.1 Å². The van der Waals surface area contributed by atoms with Crippen molar-refractivity contribution in [1.29, 1.82) is 0 Å². The number of nitrogens with one attached hydrogen (secondary N) is 1. The number of fused-ring (bicyclic) bond motifs is 1. The number of hydrogen-bond acceptors (Lipinski definition) is 5. The highest BCUT2D eigenvalue weighted by molar-refractivity contribution is 5.94. The first-order valence-electron chi connectivity index (χ1n) is 9.36. The van der Waals surface area contributed by atoms with E-state index in [-0.39, 0.29) is 6.54 Å². The number of aromatic nitrogens is 2. The molecular weight excluding hydrogens is 382 g/mol. The topological polar surface area (TPSA) is 82.5 Å². The van der Waals surface area contributed by atoms with Crippen LogP contribution in [0.3, 0.4) is 0 Å². The predicted octanol–water partition coefficient (Wildman–Crippen LogP) is 4.01. The van der Waals surface area contributed by atoms with Gasteiger partial charge in [-0.25, -0.2) is 4.98 Å². The summed E-state index contributed by atoms with van der Waals surface area (Å²) in [5.41, 5.74) is 2.10. The molecule has 0 aliphatic rings. The molecule has 0 bridgehead atoms. The van der Waals surface area contributed by atoms with Crippen molar-refractivity contribution in [3.05, 3.63) is 85.2 Å². The molecule has 1 aromatic heterocycles. The molecule has 3 aromatic carbocycles. The van der Waals surface area contributed by atoms with E-state index < -0.39 is 18.5 Å². The van der Waals surface area contributed by atoms with Crippen LogP contribution in [0.25, 0.3) is 11.0 Å². The van der Waals surface area contributed by atoms with Gasteiger partial charge in [0.2, 0.25) is 0 Å². The average Bonchev–Trinajstić information content (AvgIpc) is 3.17. The second-order valence-corrected chi connectivity index (χ2v) is 6.48. The van der Waals surface area contributed by atoms with E-state index in [4.69, 9.17) is 9.47 Å². The van der Waals surface area contributed by atoms with E-state index in [0.29, 0.717) is 17.2 Å². The highest BCUT2D eigenvalue weighted by atomic mass is 16.5. The summed E-state index contributed by atoms with van der Waals surface area (Å²) in [6.45, 7) is -0.424. The van der Waals surface area contributed by atoms with E-state index in [1.165, 1.54) is 0 Å². The summed E-state index contributed by atoms with van der Waals surface area (Å²) in [5, 5.41) is 2.71. The fourth-order valence-corrected chi connectivity index (χ4v) is 2.93. The molecule has 0 saturated heterocycles. The number of imidazole rings is 1. The van der Waals surface area contributed by atoms with E-state index in [2.05, 4.69) is 10.3 Å². The number of rotatable bonds is 7. The van der Waals surface area contributed by atoms with Gasteiger partial charge in [-0.2, -0.15) is 0 Å². The van der Waals surface area contributed by atoms with E-state index >= 15 is 0 Å². The van der Waals surface area contributed by atoms with Gasteiger partial charge in [0.25, 0.3) is 5.91 Å². The molecule has 0 aliphatic carbocycles. The molecule has 0 radical (unpaired) electrons. The molecule has 0 aliphatic heterocycles. The van der Waals surface area contributed by atoms with Crippen molar-refractivity contribution in [3.8, 4) is 11.5 Å². The van der Waals surface area contributed by atoms with E-state index in [1.807, 2.05) is 60.7 Å². The number of ether oxygens (including phenoxy) is 2. The van der Waals surface area contributed by atoms with E-state index in [0.717, 1.165) is 11.0 Å². The summed E-state index contributed by atoms with van der Waals surface area (Å²) in [6, 6.07) is 23.8. The Hall–Kier alpha value is -4.13. The Morgan fingerprint density at radius 3 is 2.50 bits per heavy atom. The van der Waals surface area contributed by atoms with Crippen molar-refractivity contribution in [2.24, 2.45) is 0 Å². The maximum Gasteiger partial charge on any atom is 0.326 e. The van der Waals surface area contributed by atoms with Crippen molar-refractivity contribution in [1.82, 2.24) is 9.55 Å². The van der Waals surface area contributed by atoms with Crippen LogP contribution in [-0.2, 0) is 20.9 Å². The van der Waals surface area contributed by atoms with Crippen LogP contribution in [0.15, 0.2) is 85.2 Å². The van der Waals surface area contributed by atoms with Gasteiger partial charge in [-0.3, -0.25) is 9.59 Å². The first kappa shape index (κ1) is 19.2. The Morgan fingerprint density at radius 1 is 0.900 bits per heavy atom. The smallest absolute Gasteiger partial charge is 0.326 e. The Kier molecular flexibility index (Phi) is 5.70. The minimum absolute atomic E-state index is 0.0263. The summed E-state index contributed by atoms with van der Waals surface area (Å²) in [6.07, 6.45) is 1.57. The van der Waals surface area contributed by atoms with Crippen LogP contribution in [0, 0.1) is 0 Å². The zero-order chi connectivity index (χ0) is 20.8. The lowest BCUT2D eigenvalue weighted by atomic mass is 10.3. The molecule has 7 nitrogen and oxygen atoms in total. The van der Waals surface area contributed by atoms with Crippen LogP contribution in [0.2, 0.25) is 0 Å². The van der Waals surface area contributed by atoms with Gasteiger partial charge in [0.15, 0.2) is 12.4 Å². The summed E-state index contributed by atoms with van der Waals surface area (Å²) in [5.74, 6) is 0.163. The van der Waals surface area contributed by atoms with Gasteiger partial charge < -0.3 is 19.4 Å². The maximum atomic E-state index is 12.3. The number of benzene rings is 3. The quantitative estimate of drug-likeness (QED) is 0.473. The molecule has 1 heterocycles. The molecule has 1 amide bonds. The maximum absolute atomic E-state index is 12.3. The van der Waals surface area contributed by atoms with Gasteiger partial charge in [0, 0.05) is 0 Å². The first-order valence-corrected chi connectivity index (χ1v) is 9.36. The molecule has 4 aromatic rings. The summed E-state index contributed by atoms with van der Waals surface area (Å²) < 4.78 is 12.6. The lowest BCUT2D eigenvalue weighted by Crippen LogP contribution is -2.23. The number of carbonyl (C=O) groups excluding carboxylic acids is 2. The second kappa shape index (κ2) is 8.91. The lowest BCUT2D eigenvalue weighted by molar-refractivity contribution is -0.147. The number of anilines is 1. The zero-order valence-electron chi connectivity index (χ0n) is 16.0. The fraction of sp³-hybridized carbons (Fsp3) is 0.0870. The second-order valence-electron chi connectivity index (χ2n) is 6.48. The Morgan fingerprint density at radius 2 is 1.63 bits per heavy atom. The van der Waals surface area contributed by atoms with E-state index in [1.54, 1.807) is 29.1 Å². The monoisotopic (exact) mass is 401 g/mol. The van der Waals surface area contributed by atoms with E-state index in [9.17, 15) is 9.59 Å². The number of para-hydroxylation sites is 5. The number of esters is 1. The third-order valence-electron chi connectivity index (χ3n) is 4.32. The Labute approximate surface area is 172 Å². The van der Waals surface area contributed by atoms with Crippen LogP contribution in [0.5, 0.6) is 11.5 Å². The molecule has 0 saturated carbocycles. The van der Waals surface area contributed by atoms with Gasteiger partial charge in [-0.05, 0) is 36.4 Å². The van der Waals surface area contributed by atoms with Gasteiger partial charge in [-0.1, -0.05) is 42.5 Å². The number of nitrogens with zero attached hydrogens (tertiary/aromatic N) is 2. The fourth-order valence-electron chi connectivity index (χ4n) is 2.93. The van der Waals surface area contributed by atoms with Crippen LogP contribution >= 0.6 is 0 Å². The normalized spacial score (nSPS) is 10.5. The Balaban J connectivity index is 1.33. The zero-order valence-corrected chi connectivity index (χ0v) is 16.0. The van der Waals surface area contributed by atoms with Crippen molar-refractivity contribution in [2.45, 2.75) is 6.54 Å². The molecule has 30 heavy (non-hydrogen) atoms. The SMILES string of the molecule is O=C(COC(=O)Cn1cnc2ccccc21)Nc1ccccc1Oc1ccccc1. The number of amides is 1. The minimum atomic E-state index is -0.526. The molecule has 0 spiro atoms. The van der Waals surface area contributed by atoms with Gasteiger partial charge in [0.05, 0.1) is 23.0 Å². The molecule has 1 N–H and O–H groups in total. The van der Waals surface area contributed by atoms with Crippen molar-refractivity contribution >= 4 is 28.6 Å². The molecule has 0 fully saturated rings. The van der Waals surface area contributed by atoms with Crippen LogP contribution in [0.4, 0.5) is 5.69 Å². The minimum Gasteiger partial charge on any atom is -0.455 e. The van der Waals surface area contributed by atoms with Crippen LogP contribution < -0.4 is 10.1 Å². The molecular formula is C23H19N3O4. The summed E-state index contributed by atoms with van der Waals surface area (Å²) in [4.78, 5) is 28.6. The largest absolute Gasteiger partial charge is 0.455 e. The standard InChI is InChI=1S/C23H19N3O4/c27-22(15-29-23(28)14-26-16-24-18-10-4-6-12-20(18)26)25-19-11-5-7-13-21(19)30-17-8-2-1-3-9-17/h1-13,16H,14-15H2,(H,25,27). The van der Waals surface area contributed by atoms with Crippen LogP contribution in [-0.4, -0.2) is 28.0 Å². The van der Waals surface area contributed by atoms with Crippen molar-refractivity contribution in [2.75, 3.05) is 11.9 Å². The predicted molar refractivity (Wildman–Crippen MR) is 112 cm³/mol. The van der Waals surface area contributed by atoms with Crippen molar-refractivity contribution in [3.63, 3.8) is 0 Å². The summed E-state index contributed by atoms with van der Waals surface area (Å²) >= 11 is 0. The highest BCUT2D eigenvalue weighted by Gasteiger charge is 2.12. The highest BCUT2D eigenvalue weighted by Crippen LogP contribution is 2.29. The van der Waals surface area contributed by atoms with Gasteiger partial charge in [0.1, 0.15) is 12.3 Å². The third kappa shape index (κ3) is 4.64. The average molecular weight is 401 g/mol. The number of carbonyl (C=O) groups is 2. The van der Waals surface area contributed by atoms with Gasteiger partial charge in [-0.15, -0.1) is 0 Å². The first-order chi connectivity index (χ1) is 14.7. The summed E-state index contributed by atoms with van der Waals surface area (Å²) in [7, 11) is 0. The molecule has 4 rings (SSSR count). The van der Waals surface area contributed by atoms with Gasteiger partial charge >= 0.3 is 5.97 Å². The molecule has 150 valence electrons. The number of hydrogen-bond donors (Lipinski definition) is 1. The lowest BCUT2D eigenvalue weighted by Gasteiger charge is -2.12. The van der Waals surface area contributed by atoms with Crippen LogP contribution in [0.1, 0.15) is 0 Å². The molecule has 0 unspecified atom stereocenters. The molecule has 0 atom stereocenters. The Bertz CT molecular complexity index is 1170. The molecule has 7 heteroatoms.